The fraction of sp³-hybridized carbons (Fsp3) is 0.200. The predicted molar refractivity (Wildman–Crippen MR) is 112 cm³/mol. The molecule has 150 valence electrons. The van der Waals surface area contributed by atoms with E-state index in [0.29, 0.717) is 17.2 Å². The molecule has 0 saturated carbocycles. The van der Waals surface area contributed by atoms with Crippen LogP contribution >= 0.6 is 0 Å². The largest absolute Gasteiger partial charge is 0.322 e. The normalized spacial score (nSPS) is 16.1. The van der Waals surface area contributed by atoms with Crippen molar-refractivity contribution in [1.82, 2.24) is 35.4 Å². The van der Waals surface area contributed by atoms with Crippen molar-refractivity contribution in [3.8, 4) is 11.3 Å². The van der Waals surface area contributed by atoms with Gasteiger partial charge in [-0.15, -0.1) is 0 Å². The minimum Gasteiger partial charge on any atom is -0.322 e. The number of aromatic nitrogens is 7. The Labute approximate surface area is 171 Å². The highest BCUT2D eigenvalue weighted by Gasteiger charge is 2.32. The molecule has 4 aromatic rings. The molecule has 0 unspecified atom stereocenters. The summed E-state index contributed by atoms with van der Waals surface area (Å²) >= 11 is 0. The number of H-pyrrole nitrogens is 1. The standard InChI is InChI=1S/C20H19N9O/c1-11-17(12(2)29-20(28(11)3)25-26-27-29)19(30)22-14-4-5-16-15(10-14)18(24-23-16)13-6-8-21-9-7-13/h4-10,12H,1-3H3,(H,22,30)(H,23,24)/t12-/m1/s1. The molecule has 30 heavy (non-hydrogen) atoms. The van der Waals surface area contributed by atoms with E-state index in [4.69, 9.17) is 0 Å². The van der Waals surface area contributed by atoms with Crippen molar-refractivity contribution in [2.24, 2.45) is 0 Å². The number of hydrogen-bond acceptors (Lipinski definition) is 7. The van der Waals surface area contributed by atoms with Gasteiger partial charge >= 0.3 is 0 Å². The highest BCUT2D eigenvalue weighted by atomic mass is 16.1. The van der Waals surface area contributed by atoms with Crippen molar-refractivity contribution in [1.29, 1.82) is 0 Å². The molecule has 0 radical (unpaired) electrons. The Balaban J connectivity index is 1.49. The summed E-state index contributed by atoms with van der Waals surface area (Å²) in [6.45, 7) is 3.80. The number of allylic oxidation sites excluding steroid dienone is 1. The van der Waals surface area contributed by atoms with E-state index in [2.05, 4.69) is 36.0 Å². The van der Waals surface area contributed by atoms with Crippen molar-refractivity contribution in [3.05, 3.63) is 54.0 Å². The smallest absolute Gasteiger partial charge is 0.255 e. The SMILES string of the molecule is CC1=C(C(=O)Nc2ccc3[nH]nc(-c4ccncc4)c3c2)[C@@H](C)n2nnnc2N1C. The Hall–Kier alpha value is -4.08. The summed E-state index contributed by atoms with van der Waals surface area (Å²) < 4.78 is 1.64. The molecule has 4 heterocycles. The number of carbonyl (C=O) groups excluding carboxylic acids is 1. The Kier molecular flexibility index (Phi) is 4.05. The van der Waals surface area contributed by atoms with Gasteiger partial charge in [-0.1, -0.05) is 5.10 Å². The third kappa shape index (κ3) is 2.72. The van der Waals surface area contributed by atoms with E-state index in [1.807, 2.05) is 56.1 Å². The monoisotopic (exact) mass is 401 g/mol. The number of nitrogens with one attached hydrogen (secondary N) is 2. The van der Waals surface area contributed by atoms with Crippen molar-refractivity contribution in [3.63, 3.8) is 0 Å². The van der Waals surface area contributed by atoms with Crippen LogP contribution in [-0.2, 0) is 4.79 Å². The molecule has 1 aromatic carbocycles. The lowest BCUT2D eigenvalue weighted by Crippen LogP contribution is -2.34. The first kappa shape index (κ1) is 18.0. The first-order chi connectivity index (χ1) is 14.5. The third-order valence-corrected chi connectivity index (χ3v) is 5.47. The molecule has 0 bridgehead atoms. The van der Waals surface area contributed by atoms with Crippen LogP contribution in [0.1, 0.15) is 19.9 Å². The summed E-state index contributed by atoms with van der Waals surface area (Å²) in [4.78, 5) is 19.1. The molecular formula is C20H19N9O. The summed E-state index contributed by atoms with van der Waals surface area (Å²) in [5.74, 6) is 0.416. The molecule has 1 amide bonds. The highest BCUT2D eigenvalue weighted by Crippen LogP contribution is 2.33. The number of aromatic amines is 1. The fourth-order valence-corrected chi connectivity index (χ4v) is 3.79. The third-order valence-electron chi connectivity index (χ3n) is 5.47. The summed E-state index contributed by atoms with van der Waals surface area (Å²) in [6, 6.07) is 9.19. The van der Waals surface area contributed by atoms with Gasteiger partial charge in [-0.05, 0) is 54.6 Å². The van der Waals surface area contributed by atoms with Gasteiger partial charge < -0.3 is 10.2 Å². The lowest BCUT2D eigenvalue weighted by atomic mass is 10.0. The second kappa shape index (κ2) is 6.76. The molecule has 0 spiro atoms. The Morgan fingerprint density at radius 2 is 2.00 bits per heavy atom. The summed E-state index contributed by atoms with van der Waals surface area (Å²) in [7, 11) is 1.84. The van der Waals surface area contributed by atoms with Crippen LogP contribution in [0, 0.1) is 0 Å². The number of nitrogens with zero attached hydrogens (tertiary/aromatic N) is 7. The van der Waals surface area contributed by atoms with Gasteiger partial charge in [0.25, 0.3) is 5.91 Å². The zero-order valence-corrected chi connectivity index (χ0v) is 16.7. The maximum atomic E-state index is 13.2. The van der Waals surface area contributed by atoms with Crippen LogP contribution in [0.25, 0.3) is 22.2 Å². The van der Waals surface area contributed by atoms with Gasteiger partial charge in [0.05, 0.1) is 17.1 Å². The Bertz CT molecular complexity index is 1290. The van der Waals surface area contributed by atoms with Gasteiger partial charge in [-0.2, -0.15) is 5.10 Å². The number of pyridine rings is 1. The molecule has 1 aliphatic rings. The predicted octanol–water partition coefficient (Wildman–Crippen LogP) is 2.53. The van der Waals surface area contributed by atoms with Crippen LogP contribution in [0.3, 0.4) is 0 Å². The second-order valence-corrected chi connectivity index (χ2v) is 7.18. The minimum atomic E-state index is -0.281. The van der Waals surface area contributed by atoms with E-state index in [-0.39, 0.29) is 11.9 Å². The molecule has 1 atom stereocenters. The molecule has 10 heteroatoms. The Morgan fingerprint density at radius 3 is 2.80 bits per heavy atom. The number of fused-ring (bicyclic) bond motifs is 2. The second-order valence-electron chi connectivity index (χ2n) is 7.18. The zero-order chi connectivity index (χ0) is 20.8. The molecule has 0 saturated heterocycles. The van der Waals surface area contributed by atoms with E-state index in [1.165, 1.54) is 0 Å². The van der Waals surface area contributed by atoms with E-state index in [0.717, 1.165) is 27.9 Å². The number of benzene rings is 1. The quantitative estimate of drug-likeness (QED) is 0.542. The minimum absolute atomic E-state index is 0.193. The van der Waals surface area contributed by atoms with Crippen molar-refractivity contribution >= 4 is 28.4 Å². The van der Waals surface area contributed by atoms with Crippen LogP contribution < -0.4 is 10.2 Å². The van der Waals surface area contributed by atoms with Gasteiger partial charge in [0.15, 0.2) is 0 Å². The molecule has 10 nitrogen and oxygen atoms in total. The lowest BCUT2D eigenvalue weighted by Gasteiger charge is -2.30. The van der Waals surface area contributed by atoms with Gasteiger partial charge in [-0.25, -0.2) is 4.68 Å². The summed E-state index contributed by atoms with van der Waals surface area (Å²) in [6.07, 6.45) is 3.45. The van der Waals surface area contributed by atoms with E-state index >= 15 is 0 Å². The maximum Gasteiger partial charge on any atom is 0.255 e. The number of tetrazole rings is 1. The zero-order valence-electron chi connectivity index (χ0n) is 16.7. The maximum absolute atomic E-state index is 13.2. The fourth-order valence-electron chi connectivity index (χ4n) is 3.79. The van der Waals surface area contributed by atoms with E-state index in [1.54, 1.807) is 17.1 Å². The number of anilines is 2. The molecule has 2 N–H and O–H groups in total. The molecule has 3 aromatic heterocycles. The summed E-state index contributed by atoms with van der Waals surface area (Å²) in [5, 5.41) is 23.2. The first-order valence-electron chi connectivity index (χ1n) is 9.47. The number of rotatable bonds is 3. The average Bonchev–Trinajstić information content (AvgIpc) is 3.40. The van der Waals surface area contributed by atoms with Crippen LogP contribution in [0.15, 0.2) is 54.0 Å². The van der Waals surface area contributed by atoms with Crippen LogP contribution in [0.4, 0.5) is 11.6 Å². The number of hydrogen-bond donors (Lipinski definition) is 2. The molecule has 0 fully saturated rings. The van der Waals surface area contributed by atoms with Gasteiger partial charge in [0, 0.05) is 41.8 Å². The van der Waals surface area contributed by atoms with Gasteiger partial charge in [-0.3, -0.25) is 14.9 Å². The topological polar surface area (TPSA) is 118 Å². The lowest BCUT2D eigenvalue weighted by molar-refractivity contribution is -0.113. The summed E-state index contributed by atoms with van der Waals surface area (Å²) in [5.41, 5.74) is 4.75. The number of amides is 1. The van der Waals surface area contributed by atoms with Crippen molar-refractivity contribution < 1.29 is 4.79 Å². The van der Waals surface area contributed by atoms with Gasteiger partial charge in [0.2, 0.25) is 5.95 Å². The van der Waals surface area contributed by atoms with Crippen molar-refractivity contribution in [2.75, 3.05) is 17.3 Å². The number of carbonyl (C=O) groups is 1. The first-order valence-corrected chi connectivity index (χ1v) is 9.47. The molecule has 0 aliphatic carbocycles. The molecular weight excluding hydrogens is 382 g/mol. The van der Waals surface area contributed by atoms with Crippen LogP contribution in [0.5, 0.6) is 0 Å². The van der Waals surface area contributed by atoms with Crippen molar-refractivity contribution in [2.45, 2.75) is 19.9 Å². The van der Waals surface area contributed by atoms with Crippen LogP contribution in [0.2, 0.25) is 0 Å². The van der Waals surface area contributed by atoms with E-state index in [9.17, 15) is 4.79 Å². The van der Waals surface area contributed by atoms with E-state index < -0.39 is 0 Å². The Morgan fingerprint density at radius 1 is 1.20 bits per heavy atom. The molecule has 1 aliphatic heterocycles. The average molecular weight is 401 g/mol. The van der Waals surface area contributed by atoms with Crippen LogP contribution in [-0.4, -0.2) is 48.3 Å². The van der Waals surface area contributed by atoms with Gasteiger partial charge in [0.1, 0.15) is 5.69 Å². The highest BCUT2D eigenvalue weighted by molar-refractivity contribution is 6.07. The molecule has 5 rings (SSSR count).